The molecule has 1 aromatic carbocycles. The maximum atomic E-state index is 16.1. The average Bonchev–Trinajstić information content (AvgIpc) is 3.52. The second kappa shape index (κ2) is 13.2. The first-order chi connectivity index (χ1) is 22.0. The number of methoxy groups -OCH3 is 1. The molecule has 1 saturated carbocycles. The molecule has 47 heavy (non-hydrogen) atoms. The van der Waals surface area contributed by atoms with E-state index in [0.29, 0.717) is 29.5 Å². The molecule has 1 saturated heterocycles. The Morgan fingerprint density at radius 1 is 1.09 bits per heavy atom. The first kappa shape index (κ1) is 34.8. The molecular formula is C36H49F2N3O6. The number of nitrogens with zero attached hydrogens (tertiary/aromatic N) is 2. The molecule has 2 bridgehead atoms. The highest BCUT2D eigenvalue weighted by Gasteiger charge is 2.50. The van der Waals surface area contributed by atoms with Crippen LogP contribution in [0, 0.1) is 17.3 Å². The van der Waals surface area contributed by atoms with Crippen molar-refractivity contribution in [1.29, 1.82) is 0 Å². The molecule has 1 aromatic heterocycles. The molecule has 0 unspecified atom stereocenters. The van der Waals surface area contributed by atoms with Gasteiger partial charge in [0.15, 0.2) is 11.5 Å². The predicted octanol–water partition coefficient (Wildman–Crippen LogP) is 7.18. The third-order valence-corrected chi connectivity index (χ3v) is 10.4. The summed E-state index contributed by atoms with van der Waals surface area (Å²) < 4.78 is 50.0. The van der Waals surface area contributed by atoms with Gasteiger partial charge in [-0.25, -0.2) is 9.78 Å². The minimum absolute atomic E-state index is 0.0332. The lowest BCUT2D eigenvalue weighted by Crippen LogP contribution is -2.57. The molecule has 2 aromatic rings. The first-order valence-corrected chi connectivity index (χ1v) is 16.9. The maximum Gasteiger partial charge on any atom is 0.408 e. The van der Waals surface area contributed by atoms with E-state index in [1.165, 1.54) is 18.9 Å². The van der Waals surface area contributed by atoms with E-state index in [-0.39, 0.29) is 30.4 Å². The monoisotopic (exact) mass is 657 g/mol. The van der Waals surface area contributed by atoms with Crippen molar-refractivity contribution in [3.63, 3.8) is 0 Å². The number of hydrogen-bond acceptors (Lipinski definition) is 7. The van der Waals surface area contributed by atoms with E-state index < -0.39 is 65.2 Å². The summed E-state index contributed by atoms with van der Waals surface area (Å²) in [5.41, 5.74) is -1.53. The van der Waals surface area contributed by atoms with E-state index in [4.69, 9.17) is 14.2 Å². The van der Waals surface area contributed by atoms with Crippen LogP contribution >= 0.6 is 0 Å². The van der Waals surface area contributed by atoms with Crippen molar-refractivity contribution in [3.05, 3.63) is 30.0 Å². The number of alkyl halides is 2. The number of carbonyl (C=O) groups is 3. The van der Waals surface area contributed by atoms with Gasteiger partial charge in [-0.05, 0) is 81.5 Å². The fraction of sp³-hybridized carbons (Fsp3) is 0.667. The second-order valence-corrected chi connectivity index (χ2v) is 15.0. The minimum atomic E-state index is -3.29. The third kappa shape index (κ3) is 7.18. The normalized spacial score (nSPS) is 30.6. The lowest BCUT2D eigenvalue weighted by molar-refractivity contribution is -0.141. The van der Waals surface area contributed by atoms with E-state index in [1.54, 1.807) is 31.2 Å². The fourth-order valence-electron chi connectivity index (χ4n) is 7.70. The van der Waals surface area contributed by atoms with Gasteiger partial charge in [-0.15, -0.1) is 0 Å². The topological polar surface area (TPSA) is 107 Å². The van der Waals surface area contributed by atoms with Gasteiger partial charge in [-0.2, -0.15) is 8.78 Å². The Balaban J connectivity index is 1.58. The molecule has 9 nitrogen and oxygen atoms in total. The van der Waals surface area contributed by atoms with Gasteiger partial charge in [0, 0.05) is 17.7 Å². The molecule has 6 atom stereocenters. The summed E-state index contributed by atoms with van der Waals surface area (Å²) in [6, 6.07) is 4.69. The number of ether oxygens (including phenoxy) is 3. The summed E-state index contributed by atoms with van der Waals surface area (Å²) in [7, 11) is 1.52. The van der Waals surface area contributed by atoms with E-state index in [2.05, 4.69) is 10.3 Å². The molecule has 3 aliphatic rings. The molecular weight excluding hydrogens is 608 g/mol. The lowest BCUT2D eigenvalue weighted by Gasteiger charge is -2.37. The highest BCUT2D eigenvalue weighted by atomic mass is 19.3. The largest absolute Gasteiger partial charge is 0.497 e. The Hall–Kier alpha value is -3.50. The molecule has 1 N–H and O–H groups in total. The fourth-order valence-corrected chi connectivity index (χ4v) is 7.70. The Bertz CT molecular complexity index is 1510. The number of rotatable bonds is 2. The minimum Gasteiger partial charge on any atom is -0.497 e. The number of benzene rings is 1. The molecule has 5 rings (SSSR count). The van der Waals surface area contributed by atoms with Gasteiger partial charge in [0.2, 0.25) is 5.91 Å². The first-order valence-electron chi connectivity index (χ1n) is 16.9. The van der Waals surface area contributed by atoms with E-state index in [1.807, 2.05) is 27.7 Å². The molecule has 2 fully saturated rings. The van der Waals surface area contributed by atoms with Crippen LogP contribution in [0.3, 0.4) is 0 Å². The van der Waals surface area contributed by atoms with Crippen molar-refractivity contribution in [2.45, 2.75) is 123 Å². The number of amides is 2. The zero-order valence-corrected chi connectivity index (χ0v) is 28.7. The molecule has 11 heteroatoms. The summed E-state index contributed by atoms with van der Waals surface area (Å²) in [6.07, 6.45) is 2.92. The number of aromatic nitrogens is 1. The van der Waals surface area contributed by atoms with Crippen molar-refractivity contribution >= 4 is 28.7 Å². The third-order valence-electron chi connectivity index (χ3n) is 10.4. The van der Waals surface area contributed by atoms with Crippen molar-refractivity contribution in [2.75, 3.05) is 13.7 Å². The summed E-state index contributed by atoms with van der Waals surface area (Å²) >= 11 is 0. The highest BCUT2D eigenvalue weighted by molar-refractivity contribution is 5.92. The molecule has 1 aliphatic carbocycles. The van der Waals surface area contributed by atoms with Crippen LogP contribution in [0.1, 0.15) is 98.6 Å². The van der Waals surface area contributed by atoms with Crippen molar-refractivity contribution in [3.8, 4) is 11.5 Å². The molecule has 0 radical (unpaired) electrons. The number of halogens is 2. The Morgan fingerprint density at radius 2 is 1.81 bits per heavy atom. The number of pyridine rings is 1. The zero-order valence-electron chi connectivity index (χ0n) is 28.7. The number of nitrogens with one attached hydrogen (secondary N) is 1. The predicted molar refractivity (Wildman–Crippen MR) is 174 cm³/mol. The lowest BCUT2D eigenvalue weighted by atomic mass is 9.85. The van der Waals surface area contributed by atoms with Gasteiger partial charge in [-0.3, -0.25) is 9.59 Å². The number of hydrogen-bond donors (Lipinski definition) is 1. The van der Waals surface area contributed by atoms with Crippen LogP contribution in [0.2, 0.25) is 0 Å². The van der Waals surface area contributed by atoms with Crippen LogP contribution in [0.4, 0.5) is 13.6 Å². The quantitative estimate of drug-likeness (QED) is 0.365. The van der Waals surface area contributed by atoms with E-state index >= 15 is 8.78 Å². The van der Waals surface area contributed by atoms with E-state index in [0.717, 1.165) is 25.7 Å². The van der Waals surface area contributed by atoms with Gasteiger partial charge in [0.05, 0.1) is 25.2 Å². The Morgan fingerprint density at radius 3 is 2.49 bits per heavy atom. The van der Waals surface area contributed by atoms with Gasteiger partial charge >= 0.3 is 6.09 Å². The number of ketones is 1. The van der Waals surface area contributed by atoms with Crippen molar-refractivity contribution in [2.24, 2.45) is 17.3 Å². The molecule has 0 spiro atoms. The number of carbonyl (C=O) groups excluding carboxylic acids is 3. The van der Waals surface area contributed by atoms with Crippen LogP contribution in [0.5, 0.6) is 11.5 Å². The Labute approximate surface area is 276 Å². The van der Waals surface area contributed by atoms with Crippen LogP contribution in [-0.2, 0) is 20.2 Å². The van der Waals surface area contributed by atoms with Gasteiger partial charge in [0.25, 0.3) is 5.92 Å². The maximum absolute atomic E-state index is 16.1. The summed E-state index contributed by atoms with van der Waals surface area (Å²) in [4.78, 5) is 46.6. The van der Waals surface area contributed by atoms with E-state index in [9.17, 15) is 14.4 Å². The molecule has 258 valence electrons. The van der Waals surface area contributed by atoms with Crippen LogP contribution in [-0.4, -0.2) is 65.1 Å². The smallest absolute Gasteiger partial charge is 0.408 e. The SMILES string of the molecule is COc1ccc2nc3c(cc2c1)O[C@H]1CN(C(=O)[C@H](C(C)(C)C)NC(=O)O[C@]2(C)CCC[C@H]2CCCCCC3(F)F)[C@H](C(C)=O)[C@@H]1C. The second-order valence-electron chi connectivity index (χ2n) is 15.0. The molecule has 2 aliphatic heterocycles. The van der Waals surface area contributed by atoms with Crippen LogP contribution < -0.4 is 14.8 Å². The highest BCUT2D eigenvalue weighted by Crippen LogP contribution is 2.44. The van der Waals surface area contributed by atoms with Crippen molar-refractivity contribution < 1.29 is 37.4 Å². The zero-order chi connectivity index (χ0) is 34.3. The summed E-state index contributed by atoms with van der Waals surface area (Å²) in [5.74, 6) is -3.99. The summed E-state index contributed by atoms with van der Waals surface area (Å²) in [5, 5.41) is 3.41. The van der Waals surface area contributed by atoms with Crippen LogP contribution in [0.15, 0.2) is 24.3 Å². The number of Topliss-reactive ketones (excluding diaryl/α,β-unsaturated/α-hetero) is 1. The average molecular weight is 658 g/mol. The molecule has 2 amide bonds. The summed E-state index contributed by atoms with van der Waals surface area (Å²) in [6.45, 7) is 10.6. The number of fused-ring (bicyclic) bond motifs is 5. The van der Waals surface area contributed by atoms with Gasteiger partial charge in [0.1, 0.15) is 29.2 Å². The number of alkyl carbamates (subject to hydrolysis) is 1. The molecule has 3 heterocycles. The standard InChI is InChI=1S/C36H49F2N3O6/c1-21-28-20-41(29(21)22(2)42)32(43)31(34(3,4)5)40-33(44)47-35(6)16-11-13-24(35)12-9-8-10-17-36(37,38)30-27(46-28)19-23-18-25(45-7)14-15-26(23)39-30/h14-15,18-19,21,24,28-29,31H,8-13,16-17,20H2,1-7H3,(H,40,44)/t21-,24-,28+,29+,31-,35-/m1/s1. The van der Waals surface area contributed by atoms with Gasteiger partial charge in [-0.1, -0.05) is 40.5 Å². The van der Waals surface area contributed by atoms with Gasteiger partial charge < -0.3 is 24.4 Å². The Kier molecular flexibility index (Phi) is 9.77. The van der Waals surface area contributed by atoms with Crippen LogP contribution in [0.25, 0.3) is 10.9 Å². The van der Waals surface area contributed by atoms with Crippen molar-refractivity contribution in [1.82, 2.24) is 15.2 Å².